The molecular formula is C48H57N3O9. The molecule has 12 nitrogen and oxygen atoms in total. The summed E-state index contributed by atoms with van der Waals surface area (Å²) < 4.78 is 39.1. The van der Waals surface area contributed by atoms with Gasteiger partial charge in [0.25, 0.3) is 0 Å². The average molecular weight is 820 g/mol. The van der Waals surface area contributed by atoms with Crippen molar-refractivity contribution in [3.63, 3.8) is 0 Å². The normalized spacial score (nSPS) is 20.9. The van der Waals surface area contributed by atoms with Gasteiger partial charge in [0.15, 0.2) is 11.5 Å². The van der Waals surface area contributed by atoms with E-state index in [1.54, 1.807) is 44.6 Å². The Labute approximate surface area is 353 Å². The number of aromatic nitrogens is 1. The lowest BCUT2D eigenvalue weighted by atomic mass is 9.63. The Balaban J connectivity index is 0.000000419. The van der Waals surface area contributed by atoms with Gasteiger partial charge >= 0.3 is 11.9 Å². The molecule has 3 aromatic carbocycles. The molecule has 4 aromatic rings. The summed E-state index contributed by atoms with van der Waals surface area (Å²) >= 11 is 0. The Morgan fingerprint density at radius 2 is 1.53 bits per heavy atom. The number of nitrogens with one attached hydrogen (secondary N) is 1. The van der Waals surface area contributed by atoms with Gasteiger partial charge in [0.2, 0.25) is 5.75 Å². The number of ether oxygens (including phenoxy) is 7. The summed E-state index contributed by atoms with van der Waals surface area (Å²) in [5.74, 6) is 0.441. The highest BCUT2D eigenvalue weighted by atomic mass is 16.6. The van der Waals surface area contributed by atoms with E-state index in [2.05, 4.69) is 42.3 Å². The molecule has 2 aliphatic heterocycles. The monoisotopic (exact) mass is 819 g/mol. The van der Waals surface area contributed by atoms with Crippen molar-refractivity contribution >= 4 is 28.9 Å². The number of esters is 2. The molecule has 0 bridgehead atoms. The first kappa shape index (κ1) is 46.4. The number of nitrogens with zero attached hydrogens (tertiary/aromatic N) is 2. The first-order chi connectivity index (χ1) is 29.1. The Bertz CT molecular complexity index is 2110. The van der Waals surface area contributed by atoms with Crippen LogP contribution in [-0.2, 0) is 25.4 Å². The first-order valence-electron chi connectivity index (χ1n) is 19.6. The molecule has 12 heteroatoms. The van der Waals surface area contributed by atoms with Gasteiger partial charge in [-0.05, 0) is 66.5 Å². The maximum atomic E-state index is 13.5. The highest BCUT2D eigenvalue weighted by Gasteiger charge is 2.54. The fourth-order valence-electron chi connectivity index (χ4n) is 8.35. The van der Waals surface area contributed by atoms with Crippen LogP contribution in [0.3, 0.4) is 0 Å². The third-order valence-corrected chi connectivity index (χ3v) is 11.1. The van der Waals surface area contributed by atoms with E-state index in [1.807, 2.05) is 48.5 Å². The second-order valence-electron chi connectivity index (χ2n) is 14.1. The van der Waals surface area contributed by atoms with Gasteiger partial charge in [-0.1, -0.05) is 74.9 Å². The van der Waals surface area contributed by atoms with Gasteiger partial charge in [0, 0.05) is 48.9 Å². The van der Waals surface area contributed by atoms with E-state index >= 15 is 0 Å². The number of H-pyrrole nitrogens is 1. The number of nitriles is 1. The zero-order chi connectivity index (χ0) is 43.8. The Kier molecular flexibility index (Phi) is 17.6. The van der Waals surface area contributed by atoms with E-state index in [-0.39, 0.29) is 29.4 Å². The average Bonchev–Trinajstić information content (AvgIpc) is 3.68. The van der Waals surface area contributed by atoms with Gasteiger partial charge in [0.05, 0.1) is 59.1 Å². The highest BCUT2D eigenvalue weighted by molar-refractivity contribution is 5.91. The summed E-state index contributed by atoms with van der Waals surface area (Å²) in [4.78, 5) is 33.1. The van der Waals surface area contributed by atoms with E-state index in [1.165, 1.54) is 56.7 Å². The van der Waals surface area contributed by atoms with Crippen LogP contribution >= 0.6 is 0 Å². The third kappa shape index (κ3) is 10.7. The number of aromatic amines is 1. The highest BCUT2D eigenvalue weighted by Crippen LogP contribution is 2.51. The fraction of sp³-hybridized carbons (Fsp3) is 0.354. The van der Waals surface area contributed by atoms with E-state index < -0.39 is 24.1 Å². The van der Waals surface area contributed by atoms with E-state index in [4.69, 9.17) is 38.4 Å². The molecule has 1 saturated carbocycles. The number of fused-ring (bicyclic) bond motifs is 6. The predicted molar refractivity (Wildman–Crippen MR) is 233 cm³/mol. The van der Waals surface area contributed by atoms with Crippen molar-refractivity contribution in [1.82, 2.24) is 9.88 Å². The van der Waals surface area contributed by atoms with Gasteiger partial charge < -0.3 is 38.1 Å². The maximum absolute atomic E-state index is 13.5. The summed E-state index contributed by atoms with van der Waals surface area (Å²) in [6.45, 7) is 15.2. The van der Waals surface area contributed by atoms with Crippen LogP contribution in [0.2, 0.25) is 0 Å². The number of rotatable bonds is 10. The molecule has 60 heavy (non-hydrogen) atoms. The number of carbonyl (C=O) groups is 2. The maximum Gasteiger partial charge on any atom is 0.338 e. The smallest absolute Gasteiger partial charge is 0.338 e. The summed E-state index contributed by atoms with van der Waals surface area (Å²) in [5, 5.41) is 8.72. The zero-order valence-electron chi connectivity index (χ0n) is 35.5. The molecule has 6 atom stereocenters. The predicted octanol–water partition coefficient (Wildman–Crippen LogP) is 8.56. The van der Waals surface area contributed by atoms with Crippen molar-refractivity contribution in [1.29, 1.82) is 5.26 Å². The van der Waals surface area contributed by atoms with Crippen molar-refractivity contribution in [2.75, 3.05) is 55.7 Å². The molecule has 1 aliphatic carbocycles. The minimum absolute atomic E-state index is 0.0170. The van der Waals surface area contributed by atoms with Crippen LogP contribution in [0.15, 0.2) is 105 Å². The molecule has 0 unspecified atom stereocenters. The van der Waals surface area contributed by atoms with Crippen LogP contribution in [0.4, 0.5) is 0 Å². The summed E-state index contributed by atoms with van der Waals surface area (Å²) in [6.07, 6.45) is 7.21. The molecule has 0 spiro atoms. The lowest BCUT2D eigenvalue weighted by Gasteiger charge is -2.52. The van der Waals surface area contributed by atoms with Crippen molar-refractivity contribution < 1.29 is 42.7 Å². The summed E-state index contributed by atoms with van der Waals surface area (Å²) in [6, 6.07) is 21.1. The fourth-order valence-corrected chi connectivity index (χ4v) is 8.35. The molecule has 0 radical (unpaired) electrons. The Morgan fingerprint density at radius 3 is 2.05 bits per heavy atom. The molecule has 2 fully saturated rings. The van der Waals surface area contributed by atoms with E-state index in [0.29, 0.717) is 23.7 Å². The van der Waals surface area contributed by atoms with Crippen LogP contribution in [0.1, 0.15) is 46.1 Å². The lowest BCUT2D eigenvalue weighted by molar-refractivity contribution is -0.176. The van der Waals surface area contributed by atoms with Gasteiger partial charge in [-0.2, -0.15) is 5.26 Å². The van der Waals surface area contributed by atoms with Gasteiger partial charge in [-0.3, -0.25) is 9.69 Å². The van der Waals surface area contributed by atoms with Gasteiger partial charge in [-0.15, -0.1) is 0 Å². The van der Waals surface area contributed by atoms with Crippen molar-refractivity contribution in [2.24, 2.45) is 17.8 Å². The van der Waals surface area contributed by atoms with Crippen LogP contribution in [0.25, 0.3) is 17.0 Å². The van der Waals surface area contributed by atoms with E-state index in [0.717, 1.165) is 37.2 Å². The molecule has 1 N–H and O–H groups in total. The molecule has 0 amide bonds. The largest absolute Gasteiger partial charge is 0.497 e. The van der Waals surface area contributed by atoms with Crippen molar-refractivity contribution in [2.45, 2.75) is 37.5 Å². The SMILES string of the molecule is C=CC#N.C=CC=C.C=Cc1ccccc1.COC(=O)[C@H]1[C@H]2C[C@@H]3c4[nH]c5cc(OC)ccc5c4CCN3C[C@H]2C[C@@H](OC(=O)c2cc(OC)c(OC)c(OC)c2)[C@@H]1OC. The number of methoxy groups -OCH3 is 6. The van der Waals surface area contributed by atoms with Crippen LogP contribution < -0.4 is 18.9 Å². The molecular weight excluding hydrogens is 763 g/mol. The standard InChI is InChI=1S/C33H40N2O9.C8H8.C4H6.C3H3N/c1-38-19-7-8-20-21-9-10-35-16-18-13-27(44-32(36)17-11-25(39-2)30(41-4)26(12-17)40-3)31(42-5)28(33(37)43-6)22(18)15-24(35)29(21)34-23(20)14-19;1-2-8-6-4-3-5-7-8;1-3-4-2;1-2-3-4/h7-8,11-12,14,18,22,24,27-28,31,34H,9-10,13,15-16H2,1-6H3;2-7H,1H2;3-4H,1-2H2;2H,1H2/t18-,22+,24-,27-,28+,31+;;;/m1.../s1. The molecule has 3 heterocycles. The van der Waals surface area contributed by atoms with Gasteiger partial charge in [-0.25, -0.2) is 4.79 Å². The molecule has 318 valence electrons. The van der Waals surface area contributed by atoms with Crippen molar-refractivity contribution in [3.05, 3.63) is 128 Å². The third-order valence-electron chi connectivity index (χ3n) is 11.1. The van der Waals surface area contributed by atoms with Gasteiger partial charge in [0.1, 0.15) is 18.0 Å². The minimum atomic E-state index is -0.670. The number of allylic oxidation sites excluding steroid dienone is 3. The van der Waals surface area contributed by atoms with Crippen LogP contribution in [-0.4, -0.2) is 89.8 Å². The van der Waals surface area contributed by atoms with E-state index in [9.17, 15) is 9.59 Å². The summed E-state index contributed by atoms with van der Waals surface area (Å²) in [5.41, 5.74) is 5.00. The van der Waals surface area contributed by atoms with Crippen LogP contribution in [0, 0.1) is 29.1 Å². The second-order valence-corrected chi connectivity index (χ2v) is 14.1. The number of hydrogen-bond acceptors (Lipinski definition) is 11. The molecule has 1 aromatic heterocycles. The Morgan fingerprint density at radius 1 is 0.867 bits per heavy atom. The molecule has 7 rings (SSSR count). The van der Waals surface area contributed by atoms with Crippen LogP contribution in [0.5, 0.6) is 23.0 Å². The summed E-state index contributed by atoms with van der Waals surface area (Å²) in [7, 11) is 9.10. The lowest BCUT2D eigenvalue weighted by Crippen LogP contribution is -2.58. The Hall–Kier alpha value is -6.29. The number of piperidine rings is 1. The topological polar surface area (TPSA) is 142 Å². The number of benzene rings is 3. The quantitative estimate of drug-likeness (QED) is 0.0935. The number of hydrogen-bond donors (Lipinski definition) is 1. The zero-order valence-corrected chi connectivity index (χ0v) is 35.5. The second kappa shape index (κ2) is 22.8. The molecule has 1 saturated heterocycles. The van der Waals surface area contributed by atoms with Crippen molar-refractivity contribution in [3.8, 4) is 29.1 Å². The number of carbonyl (C=O) groups excluding carboxylic acids is 2. The first-order valence-corrected chi connectivity index (χ1v) is 19.6. The minimum Gasteiger partial charge on any atom is -0.497 e. The molecule has 3 aliphatic rings.